The number of para-hydroxylation sites is 1. The molecule has 0 aliphatic carbocycles. The van der Waals surface area contributed by atoms with Crippen LogP contribution in [0.2, 0.25) is 0 Å². The molecule has 0 aliphatic heterocycles. The van der Waals surface area contributed by atoms with Crippen molar-refractivity contribution in [1.29, 1.82) is 5.26 Å². The largest absolute Gasteiger partial charge is 0.508 e. The van der Waals surface area contributed by atoms with Crippen molar-refractivity contribution in [2.24, 2.45) is 0 Å². The van der Waals surface area contributed by atoms with E-state index in [1.807, 2.05) is 6.07 Å². The molecule has 0 radical (unpaired) electrons. The molecule has 0 unspecified atom stereocenters. The smallest absolute Gasteiger partial charge is 0.254 e. The fourth-order valence-electron chi connectivity index (χ4n) is 2.54. The van der Waals surface area contributed by atoms with Gasteiger partial charge in [0.05, 0.1) is 31.0 Å². The maximum Gasteiger partial charge on any atom is 0.254 e. The third-order valence-electron chi connectivity index (χ3n) is 3.81. The molecule has 3 aromatic rings. The second-order valence-corrected chi connectivity index (χ2v) is 5.56. The molecule has 0 spiro atoms. The second-order valence-electron chi connectivity index (χ2n) is 5.56. The van der Waals surface area contributed by atoms with E-state index in [2.05, 4.69) is 0 Å². The SMILES string of the molecule is N#Cc1cccc(C(=O)N(Cc2ccco2)Cc2ccccc2O)c1. The number of hydrogen-bond donors (Lipinski definition) is 1. The van der Waals surface area contributed by atoms with Gasteiger partial charge in [0, 0.05) is 11.1 Å². The Bertz CT molecular complexity index is 911. The van der Waals surface area contributed by atoms with Crippen LogP contribution in [0.15, 0.2) is 71.3 Å². The molecule has 0 fully saturated rings. The van der Waals surface area contributed by atoms with Gasteiger partial charge < -0.3 is 14.4 Å². The number of rotatable bonds is 5. The van der Waals surface area contributed by atoms with Crippen LogP contribution >= 0.6 is 0 Å². The minimum Gasteiger partial charge on any atom is -0.508 e. The number of phenolic OH excluding ortho intramolecular Hbond substituents is 1. The Kier molecular flexibility index (Phi) is 4.82. The fraction of sp³-hybridized carbons (Fsp3) is 0.100. The highest BCUT2D eigenvalue weighted by Gasteiger charge is 2.19. The van der Waals surface area contributed by atoms with Gasteiger partial charge in [-0.15, -0.1) is 0 Å². The molecule has 0 bridgehead atoms. The first kappa shape index (κ1) is 16.3. The van der Waals surface area contributed by atoms with Gasteiger partial charge in [-0.3, -0.25) is 4.79 Å². The Balaban J connectivity index is 1.91. The van der Waals surface area contributed by atoms with E-state index in [4.69, 9.17) is 9.68 Å². The highest BCUT2D eigenvalue weighted by molar-refractivity contribution is 5.94. The normalized spacial score (nSPS) is 10.2. The number of phenols is 1. The van der Waals surface area contributed by atoms with E-state index >= 15 is 0 Å². The van der Waals surface area contributed by atoms with Gasteiger partial charge in [-0.05, 0) is 36.4 Å². The summed E-state index contributed by atoms with van der Waals surface area (Å²) in [7, 11) is 0. The van der Waals surface area contributed by atoms with Crippen LogP contribution in [0.25, 0.3) is 0 Å². The second kappa shape index (κ2) is 7.37. The Morgan fingerprint density at radius 2 is 1.92 bits per heavy atom. The highest BCUT2D eigenvalue weighted by Crippen LogP contribution is 2.21. The molecule has 0 saturated carbocycles. The van der Waals surface area contributed by atoms with E-state index in [0.717, 1.165) is 0 Å². The van der Waals surface area contributed by atoms with Gasteiger partial charge in [-0.25, -0.2) is 0 Å². The number of carbonyl (C=O) groups excluding carboxylic acids is 1. The quantitative estimate of drug-likeness (QED) is 0.773. The molecular formula is C20H16N2O3. The van der Waals surface area contributed by atoms with Crippen molar-refractivity contribution in [3.8, 4) is 11.8 Å². The minimum atomic E-state index is -0.239. The summed E-state index contributed by atoms with van der Waals surface area (Å²) >= 11 is 0. The average molecular weight is 332 g/mol. The van der Waals surface area contributed by atoms with Gasteiger partial charge in [-0.1, -0.05) is 24.3 Å². The molecule has 25 heavy (non-hydrogen) atoms. The lowest BCUT2D eigenvalue weighted by Crippen LogP contribution is -2.30. The summed E-state index contributed by atoms with van der Waals surface area (Å²) in [6, 6.07) is 19.0. The van der Waals surface area contributed by atoms with Crippen LogP contribution in [0.1, 0.15) is 27.2 Å². The van der Waals surface area contributed by atoms with Gasteiger partial charge in [0.25, 0.3) is 5.91 Å². The monoisotopic (exact) mass is 332 g/mol. The summed E-state index contributed by atoms with van der Waals surface area (Å²) < 4.78 is 5.35. The topological polar surface area (TPSA) is 77.5 Å². The predicted molar refractivity (Wildman–Crippen MR) is 91.5 cm³/mol. The summed E-state index contributed by atoms with van der Waals surface area (Å²) in [5, 5.41) is 19.1. The Morgan fingerprint density at radius 3 is 2.64 bits per heavy atom. The maximum atomic E-state index is 12.9. The molecule has 5 nitrogen and oxygen atoms in total. The fourth-order valence-corrected chi connectivity index (χ4v) is 2.54. The molecule has 0 atom stereocenters. The number of aromatic hydroxyl groups is 1. The zero-order chi connectivity index (χ0) is 17.6. The van der Waals surface area contributed by atoms with Crippen LogP contribution in [0.5, 0.6) is 5.75 Å². The van der Waals surface area contributed by atoms with E-state index in [9.17, 15) is 9.90 Å². The average Bonchev–Trinajstić information content (AvgIpc) is 3.15. The number of amides is 1. The van der Waals surface area contributed by atoms with Crippen molar-refractivity contribution in [3.05, 3.63) is 89.4 Å². The first-order valence-electron chi connectivity index (χ1n) is 7.76. The van der Waals surface area contributed by atoms with Gasteiger partial charge >= 0.3 is 0 Å². The van der Waals surface area contributed by atoms with Crippen LogP contribution in [-0.4, -0.2) is 15.9 Å². The van der Waals surface area contributed by atoms with E-state index < -0.39 is 0 Å². The summed E-state index contributed by atoms with van der Waals surface area (Å²) in [6.07, 6.45) is 1.55. The number of furan rings is 1. The molecule has 1 aromatic heterocycles. The van der Waals surface area contributed by atoms with E-state index in [1.165, 1.54) is 0 Å². The van der Waals surface area contributed by atoms with Crippen LogP contribution in [0.4, 0.5) is 0 Å². The molecule has 0 saturated heterocycles. The van der Waals surface area contributed by atoms with E-state index in [1.54, 1.807) is 71.8 Å². The molecular weight excluding hydrogens is 316 g/mol. The zero-order valence-electron chi connectivity index (χ0n) is 13.4. The molecule has 3 rings (SSSR count). The van der Waals surface area contributed by atoms with Crippen molar-refractivity contribution in [2.45, 2.75) is 13.1 Å². The third kappa shape index (κ3) is 3.88. The summed E-state index contributed by atoms with van der Waals surface area (Å²) in [5.41, 5.74) is 1.48. The number of nitrogens with zero attached hydrogens (tertiary/aromatic N) is 2. The van der Waals surface area contributed by atoms with Crippen molar-refractivity contribution >= 4 is 5.91 Å². The Hall–Kier alpha value is -3.52. The van der Waals surface area contributed by atoms with Crippen LogP contribution < -0.4 is 0 Å². The highest BCUT2D eigenvalue weighted by atomic mass is 16.3. The molecule has 5 heteroatoms. The number of benzene rings is 2. The Morgan fingerprint density at radius 1 is 1.08 bits per heavy atom. The zero-order valence-corrected chi connectivity index (χ0v) is 13.4. The molecule has 1 N–H and O–H groups in total. The number of nitriles is 1. The van der Waals surface area contributed by atoms with Crippen LogP contribution in [0.3, 0.4) is 0 Å². The lowest BCUT2D eigenvalue weighted by atomic mass is 10.1. The molecule has 1 heterocycles. The van der Waals surface area contributed by atoms with E-state index in [-0.39, 0.29) is 24.7 Å². The van der Waals surface area contributed by atoms with Crippen LogP contribution in [-0.2, 0) is 13.1 Å². The van der Waals surface area contributed by atoms with Gasteiger partial charge in [-0.2, -0.15) is 5.26 Å². The third-order valence-corrected chi connectivity index (χ3v) is 3.81. The lowest BCUT2D eigenvalue weighted by Gasteiger charge is -2.22. The molecule has 124 valence electrons. The summed E-state index contributed by atoms with van der Waals surface area (Å²) in [4.78, 5) is 14.5. The number of carbonyl (C=O) groups is 1. The predicted octanol–water partition coefficient (Wildman–Crippen LogP) is 3.70. The van der Waals surface area contributed by atoms with Gasteiger partial charge in [0.2, 0.25) is 0 Å². The van der Waals surface area contributed by atoms with Gasteiger partial charge in [0.15, 0.2) is 0 Å². The van der Waals surface area contributed by atoms with Gasteiger partial charge in [0.1, 0.15) is 11.5 Å². The molecule has 1 amide bonds. The van der Waals surface area contributed by atoms with Crippen molar-refractivity contribution in [1.82, 2.24) is 4.90 Å². The first-order chi connectivity index (χ1) is 12.2. The van der Waals surface area contributed by atoms with E-state index in [0.29, 0.717) is 22.5 Å². The number of hydrogen-bond acceptors (Lipinski definition) is 4. The molecule has 2 aromatic carbocycles. The van der Waals surface area contributed by atoms with Crippen molar-refractivity contribution in [3.63, 3.8) is 0 Å². The summed E-state index contributed by atoms with van der Waals surface area (Å²) in [5.74, 6) is 0.530. The van der Waals surface area contributed by atoms with Crippen molar-refractivity contribution in [2.75, 3.05) is 0 Å². The maximum absolute atomic E-state index is 12.9. The van der Waals surface area contributed by atoms with Crippen LogP contribution in [0, 0.1) is 11.3 Å². The standard InChI is InChI=1S/C20H16N2O3/c21-12-15-5-3-7-16(11-15)20(24)22(14-18-8-4-10-25-18)13-17-6-1-2-9-19(17)23/h1-11,23H,13-14H2. The minimum absolute atomic E-state index is 0.130. The van der Waals surface area contributed by atoms with Crippen molar-refractivity contribution < 1.29 is 14.3 Å². The Labute approximate surface area is 145 Å². The lowest BCUT2D eigenvalue weighted by molar-refractivity contribution is 0.0716. The molecule has 0 aliphatic rings. The first-order valence-corrected chi connectivity index (χ1v) is 7.76. The summed E-state index contributed by atoms with van der Waals surface area (Å²) in [6.45, 7) is 0.486.